The highest BCUT2D eigenvalue weighted by atomic mass is 35.5. The number of amides is 1. The lowest BCUT2D eigenvalue weighted by Crippen LogP contribution is -2.30. The van der Waals surface area contributed by atoms with Crippen molar-refractivity contribution in [2.45, 2.75) is 32.4 Å². The van der Waals surface area contributed by atoms with Gasteiger partial charge in [0, 0.05) is 5.02 Å². The fourth-order valence-corrected chi connectivity index (χ4v) is 3.26. The highest BCUT2D eigenvalue weighted by Crippen LogP contribution is 2.19. The summed E-state index contributed by atoms with van der Waals surface area (Å²) in [6, 6.07) is 17.4. The average molecular weight is 401 g/mol. The minimum atomic E-state index is -0.0971. The maximum atomic E-state index is 12.6. The van der Waals surface area contributed by atoms with Crippen molar-refractivity contribution in [1.29, 1.82) is 0 Å². The van der Waals surface area contributed by atoms with Gasteiger partial charge in [-0.25, -0.2) is 0 Å². The lowest BCUT2D eigenvalue weighted by atomic mass is 10.0. The van der Waals surface area contributed by atoms with Crippen LogP contribution in [-0.2, 0) is 17.8 Å². The number of nitrogens with zero attached hydrogens (tertiary/aromatic N) is 2. The summed E-state index contributed by atoms with van der Waals surface area (Å²) in [7, 11) is 0. The van der Waals surface area contributed by atoms with E-state index >= 15 is 0 Å². The van der Waals surface area contributed by atoms with E-state index in [9.17, 15) is 4.79 Å². The van der Waals surface area contributed by atoms with Crippen molar-refractivity contribution in [3.05, 3.63) is 81.3 Å². The number of hydrogen-bond acceptors (Lipinski definition) is 3. The Hall–Kier alpha value is -2.44. The van der Waals surface area contributed by atoms with Gasteiger partial charge in [-0.3, -0.25) is 14.5 Å². The molecule has 7 heteroatoms. The zero-order valence-electron chi connectivity index (χ0n) is 15.0. The minimum Gasteiger partial charge on any atom is -0.349 e. The van der Waals surface area contributed by atoms with E-state index in [1.807, 2.05) is 66.1 Å². The van der Waals surface area contributed by atoms with Crippen LogP contribution in [-0.4, -0.2) is 20.7 Å². The molecule has 1 unspecified atom stereocenters. The van der Waals surface area contributed by atoms with Crippen LogP contribution in [0.25, 0.3) is 0 Å². The first-order chi connectivity index (χ1) is 13.1. The Labute approximate surface area is 168 Å². The van der Waals surface area contributed by atoms with Gasteiger partial charge >= 0.3 is 0 Å². The molecule has 0 radical (unpaired) electrons. The van der Waals surface area contributed by atoms with Crippen LogP contribution in [0.3, 0.4) is 0 Å². The Morgan fingerprint density at radius 3 is 2.59 bits per heavy atom. The fraction of sp³-hybridized carbons (Fsp3) is 0.250. The van der Waals surface area contributed by atoms with E-state index < -0.39 is 0 Å². The number of rotatable bonds is 7. The van der Waals surface area contributed by atoms with Gasteiger partial charge in [0.1, 0.15) is 5.82 Å². The number of carbonyl (C=O) groups is 1. The molecular formula is C20H21ClN4OS. The van der Waals surface area contributed by atoms with E-state index in [-0.39, 0.29) is 18.4 Å². The minimum absolute atomic E-state index is 0.0701. The zero-order valence-corrected chi connectivity index (χ0v) is 16.6. The Morgan fingerprint density at radius 2 is 1.93 bits per heavy atom. The number of aromatic amines is 1. The first-order valence-corrected chi connectivity index (χ1v) is 9.58. The number of nitrogens with one attached hydrogen (secondary N) is 2. The van der Waals surface area contributed by atoms with Gasteiger partial charge in [0.2, 0.25) is 5.91 Å². The second-order valence-electron chi connectivity index (χ2n) is 6.27. The number of carbonyl (C=O) groups excluding carboxylic acids is 1. The predicted molar refractivity (Wildman–Crippen MR) is 109 cm³/mol. The third-order valence-corrected chi connectivity index (χ3v) is 4.92. The van der Waals surface area contributed by atoms with Crippen LogP contribution < -0.4 is 5.32 Å². The molecule has 1 amide bonds. The van der Waals surface area contributed by atoms with Crippen molar-refractivity contribution in [1.82, 2.24) is 20.1 Å². The van der Waals surface area contributed by atoms with Crippen molar-refractivity contribution in [3.8, 4) is 0 Å². The SMILES string of the molecule is CCC(NC(=O)Cc1n[nH]c(=S)n1Cc1ccccc1)c1ccc(Cl)cc1. The molecular weight excluding hydrogens is 380 g/mol. The monoisotopic (exact) mass is 400 g/mol. The summed E-state index contributed by atoms with van der Waals surface area (Å²) in [6.07, 6.45) is 0.939. The molecule has 0 bridgehead atoms. The van der Waals surface area contributed by atoms with Crippen LogP contribution in [0.2, 0.25) is 5.02 Å². The Bertz CT molecular complexity index is 950. The second-order valence-corrected chi connectivity index (χ2v) is 7.10. The first-order valence-electron chi connectivity index (χ1n) is 8.79. The third kappa shape index (κ3) is 5.05. The molecule has 1 aromatic heterocycles. The molecule has 0 saturated carbocycles. The molecule has 1 atom stereocenters. The number of aromatic nitrogens is 3. The van der Waals surface area contributed by atoms with Crippen LogP contribution in [0.1, 0.15) is 36.3 Å². The Morgan fingerprint density at radius 1 is 1.22 bits per heavy atom. The molecule has 140 valence electrons. The first kappa shape index (κ1) is 19.3. The quantitative estimate of drug-likeness (QED) is 0.576. The third-order valence-electron chi connectivity index (χ3n) is 4.36. The van der Waals surface area contributed by atoms with E-state index in [0.29, 0.717) is 22.2 Å². The van der Waals surface area contributed by atoms with E-state index in [2.05, 4.69) is 15.5 Å². The van der Waals surface area contributed by atoms with Gasteiger partial charge in [0.25, 0.3) is 0 Å². The van der Waals surface area contributed by atoms with E-state index in [1.54, 1.807) is 0 Å². The molecule has 0 fully saturated rings. The van der Waals surface area contributed by atoms with Gasteiger partial charge in [0.15, 0.2) is 4.77 Å². The molecule has 0 spiro atoms. The number of H-pyrrole nitrogens is 1. The van der Waals surface area contributed by atoms with Gasteiger partial charge < -0.3 is 5.32 Å². The Balaban J connectivity index is 1.70. The topological polar surface area (TPSA) is 62.7 Å². The lowest BCUT2D eigenvalue weighted by Gasteiger charge is -2.17. The molecule has 0 aliphatic rings. The largest absolute Gasteiger partial charge is 0.349 e. The van der Waals surface area contributed by atoms with Crippen molar-refractivity contribution in [2.75, 3.05) is 0 Å². The summed E-state index contributed by atoms with van der Waals surface area (Å²) in [5.74, 6) is 0.521. The van der Waals surface area contributed by atoms with Gasteiger partial charge in [-0.15, -0.1) is 0 Å². The molecule has 3 rings (SSSR count). The molecule has 1 heterocycles. The van der Waals surface area contributed by atoms with Crippen molar-refractivity contribution in [3.63, 3.8) is 0 Å². The molecule has 5 nitrogen and oxygen atoms in total. The smallest absolute Gasteiger partial charge is 0.228 e. The summed E-state index contributed by atoms with van der Waals surface area (Å²) in [4.78, 5) is 12.6. The predicted octanol–water partition coefficient (Wildman–Crippen LogP) is 4.45. The fourth-order valence-electron chi connectivity index (χ4n) is 2.92. The van der Waals surface area contributed by atoms with Crippen molar-refractivity contribution < 1.29 is 4.79 Å². The van der Waals surface area contributed by atoms with Gasteiger partial charge in [-0.05, 0) is 41.9 Å². The molecule has 0 saturated heterocycles. The number of benzene rings is 2. The molecule has 2 aromatic carbocycles. The van der Waals surface area contributed by atoms with Crippen LogP contribution in [0.4, 0.5) is 0 Å². The number of halogens is 1. The Kier molecular flexibility index (Phi) is 6.42. The van der Waals surface area contributed by atoms with Crippen LogP contribution in [0, 0.1) is 4.77 Å². The normalized spacial score (nSPS) is 11.9. The molecule has 3 aromatic rings. The molecule has 2 N–H and O–H groups in total. The van der Waals surface area contributed by atoms with E-state index in [4.69, 9.17) is 23.8 Å². The van der Waals surface area contributed by atoms with Crippen molar-refractivity contribution in [2.24, 2.45) is 0 Å². The zero-order chi connectivity index (χ0) is 19.2. The summed E-state index contributed by atoms with van der Waals surface area (Å²) < 4.78 is 2.36. The average Bonchev–Trinajstić information content (AvgIpc) is 3.01. The maximum Gasteiger partial charge on any atom is 0.228 e. The van der Waals surface area contributed by atoms with Crippen LogP contribution >= 0.6 is 23.8 Å². The maximum absolute atomic E-state index is 12.6. The van der Waals surface area contributed by atoms with Crippen molar-refractivity contribution >= 4 is 29.7 Å². The van der Waals surface area contributed by atoms with Gasteiger partial charge in [0.05, 0.1) is 19.0 Å². The second kappa shape index (κ2) is 8.97. The van der Waals surface area contributed by atoms with Gasteiger partial charge in [-0.1, -0.05) is 61.0 Å². The van der Waals surface area contributed by atoms with Gasteiger partial charge in [-0.2, -0.15) is 5.10 Å². The van der Waals surface area contributed by atoms with E-state index in [0.717, 1.165) is 17.5 Å². The molecule has 27 heavy (non-hydrogen) atoms. The van der Waals surface area contributed by atoms with Crippen LogP contribution in [0.15, 0.2) is 54.6 Å². The molecule has 0 aliphatic carbocycles. The van der Waals surface area contributed by atoms with Crippen LogP contribution in [0.5, 0.6) is 0 Å². The summed E-state index contributed by atoms with van der Waals surface area (Å²) in [5.41, 5.74) is 2.13. The lowest BCUT2D eigenvalue weighted by molar-refractivity contribution is -0.121. The summed E-state index contributed by atoms with van der Waals surface area (Å²) in [6.45, 7) is 2.61. The number of hydrogen-bond donors (Lipinski definition) is 2. The summed E-state index contributed by atoms with van der Waals surface area (Å²) in [5, 5.41) is 10.8. The highest BCUT2D eigenvalue weighted by Gasteiger charge is 2.16. The van der Waals surface area contributed by atoms with E-state index in [1.165, 1.54) is 0 Å². The standard InChI is InChI=1S/C20H21ClN4OS/c1-2-17(15-8-10-16(21)11-9-15)22-19(26)12-18-23-24-20(27)25(18)13-14-6-4-3-5-7-14/h3-11,17H,2,12-13H2,1H3,(H,22,26)(H,24,27). The highest BCUT2D eigenvalue weighted by molar-refractivity contribution is 7.71. The molecule has 0 aliphatic heterocycles. The summed E-state index contributed by atoms with van der Waals surface area (Å²) >= 11 is 11.3.